The van der Waals surface area contributed by atoms with E-state index in [-0.39, 0.29) is 12.2 Å². The average molecular weight is 126 g/mol. The predicted octanol–water partition coefficient (Wildman–Crippen LogP) is 0.206. The molecule has 0 saturated carbocycles. The summed E-state index contributed by atoms with van der Waals surface area (Å²) in [7, 11) is 0. The normalized spacial score (nSPS) is 10.4. The summed E-state index contributed by atoms with van der Waals surface area (Å²) in [5, 5.41) is 8.07. The third kappa shape index (κ3) is 2.83. The molecular weight excluding hydrogens is 116 g/mol. The molecule has 0 bridgehead atoms. The number of nitriles is 1. The molecule has 0 radical (unpaired) electrons. The van der Waals surface area contributed by atoms with Gasteiger partial charge in [0.05, 0.1) is 18.0 Å². The number of nitrogens with two attached hydrogens (primary N) is 1. The van der Waals surface area contributed by atoms with Gasteiger partial charge in [0.2, 0.25) is 0 Å². The molecule has 0 saturated heterocycles. The van der Waals surface area contributed by atoms with Gasteiger partial charge in [-0.05, 0) is 13.8 Å². The van der Waals surface area contributed by atoms with Gasteiger partial charge in [-0.1, -0.05) is 0 Å². The van der Waals surface area contributed by atoms with Crippen LogP contribution in [0.1, 0.15) is 20.3 Å². The number of carbonyl (C=O) groups is 1. The Morgan fingerprint density at radius 3 is 2.33 bits per heavy atom. The number of carbonyl (C=O) groups excluding carboxylic acids is 1. The Bertz CT molecular complexity index is 149. The van der Waals surface area contributed by atoms with E-state index >= 15 is 0 Å². The first kappa shape index (κ1) is 8.12. The van der Waals surface area contributed by atoms with Crippen LogP contribution in [-0.4, -0.2) is 11.3 Å². The molecule has 9 heavy (non-hydrogen) atoms. The Hall–Kier alpha value is -0.880. The van der Waals surface area contributed by atoms with Crippen molar-refractivity contribution < 1.29 is 4.79 Å². The zero-order valence-electron chi connectivity index (χ0n) is 5.64. The van der Waals surface area contributed by atoms with Crippen molar-refractivity contribution in [1.82, 2.24) is 0 Å². The molecule has 0 aliphatic carbocycles. The van der Waals surface area contributed by atoms with Gasteiger partial charge in [-0.2, -0.15) is 5.26 Å². The highest BCUT2D eigenvalue weighted by molar-refractivity contribution is 5.88. The number of nitrogens with zero attached hydrogens (tertiary/aromatic N) is 1. The Balaban J connectivity index is 3.93. The van der Waals surface area contributed by atoms with E-state index in [1.54, 1.807) is 19.9 Å². The first-order chi connectivity index (χ1) is 3.98. The summed E-state index contributed by atoms with van der Waals surface area (Å²) < 4.78 is 0. The zero-order valence-corrected chi connectivity index (χ0v) is 5.64. The van der Waals surface area contributed by atoms with E-state index in [4.69, 9.17) is 11.0 Å². The maximum atomic E-state index is 10.7. The highest BCUT2D eigenvalue weighted by Crippen LogP contribution is 2.00. The lowest BCUT2D eigenvalue weighted by Gasteiger charge is -2.13. The molecule has 3 heteroatoms. The number of Topliss-reactive ketones (excluding diaryl/α,β-unsaturated/α-hetero) is 1. The van der Waals surface area contributed by atoms with E-state index in [1.165, 1.54) is 0 Å². The fraction of sp³-hybridized carbons (Fsp3) is 0.667. The largest absolute Gasteiger partial charge is 0.319 e. The minimum absolute atomic E-state index is 0.0938. The van der Waals surface area contributed by atoms with Crippen LogP contribution in [0.15, 0.2) is 0 Å². The molecule has 0 aromatic heterocycles. The molecule has 0 aromatic rings. The van der Waals surface area contributed by atoms with Gasteiger partial charge in [0.1, 0.15) is 0 Å². The van der Waals surface area contributed by atoms with E-state index in [0.717, 1.165) is 0 Å². The highest BCUT2D eigenvalue weighted by Gasteiger charge is 2.20. The van der Waals surface area contributed by atoms with Crippen LogP contribution in [0.3, 0.4) is 0 Å². The first-order valence-corrected chi connectivity index (χ1v) is 2.67. The lowest BCUT2D eigenvalue weighted by Crippen LogP contribution is -2.41. The number of hydrogen-bond donors (Lipinski definition) is 1. The van der Waals surface area contributed by atoms with Gasteiger partial charge in [0.15, 0.2) is 5.78 Å². The summed E-state index contributed by atoms with van der Waals surface area (Å²) >= 11 is 0. The maximum absolute atomic E-state index is 10.7. The SMILES string of the molecule is CC(C)(N)C(=O)CC#N. The molecule has 2 N–H and O–H groups in total. The zero-order chi connectivity index (χ0) is 7.49. The molecule has 0 aliphatic rings. The van der Waals surface area contributed by atoms with Crippen molar-refractivity contribution in [3.05, 3.63) is 0 Å². The molecule has 0 amide bonds. The molecule has 0 heterocycles. The predicted molar refractivity (Wildman–Crippen MR) is 33.5 cm³/mol. The maximum Gasteiger partial charge on any atom is 0.166 e. The summed E-state index contributed by atoms with van der Waals surface area (Å²) in [6.07, 6.45) is -0.0938. The van der Waals surface area contributed by atoms with Crippen molar-refractivity contribution in [3.8, 4) is 6.07 Å². The molecule has 0 unspecified atom stereocenters. The van der Waals surface area contributed by atoms with Gasteiger partial charge < -0.3 is 5.73 Å². The van der Waals surface area contributed by atoms with Crippen molar-refractivity contribution >= 4 is 5.78 Å². The van der Waals surface area contributed by atoms with Gasteiger partial charge in [-0.25, -0.2) is 0 Å². The van der Waals surface area contributed by atoms with Gasteiger partial charge in [0.25, 0.3) is 0 Å². The summed E-state index contributed by atoms with van der Waals surface area (Å²) in [5.74, 6) is -0.218. The Labute approximate surface area is 54.5 Å². The van der Waals surface area contributed by atoms with Crippen LogP contribution in [0.25, 0.3) is 0 Å². The number of hydrogen-bond acceptors (Lipinski definition) is 3. The van der Waals surface area contributed by atoms with Gasteiger partial charge >= 0.3 is 0 Å². The third-order valence-corrected chi connectivity index (χ3v) is 0.958. The smallest absolute Gasteiger partial charge is 0.166 e. The summed E-state index contributed by atoms with van der Waals surface area (Å²) in [6.45, 7) is 3.18. The van der Waals surface area contributed by atoms with Crippen molar-refractivity contribution in [2.45, 2.75) is 25.8 Å². The Kier molecular flexibility index (Phi) is 2.35. The molecule has 0 atom stereocenters. The van der Waals surface area contributed by atoms with Crippen molar-refractivity contribution in [1.29, 1.82) is 5.26 Å². The lowest BCUT2D eigenvalue weighted by molar-refractivity contribution is -0.122. The minimum Gasteiger partial charge on any atom is -0.319 e. The van der Waals surface area contributed by atoms with Crippen molar-refractivity contribution in [2.24, 2.45) is 5.73 Å². The first-order valence-electron chi connectivity index (χ1n) is 2.67. The second-order valence-corrected chi connectivity index (χ2v) is 2.48. The molecular formula is C6H10N2O. The fourth-order valence-electron chi connectivity index (χ4n) is 0.300. The highest BCUT2D eigenvalue weighted by atomic mass is 16.1. The number of rotatable bonds is 2. The summed E-state index contributed by atoms with van der Waals surface area (Å²) in [4.78, 5) is 10.7. The van der Waals surface area contributed by atoms with Crippen molar-refractivity contribution in [3.63, 3.8) is 0 Å². The monoisotopic (exact) mass is 126 g/mol. The molecule has 0 rings (SSSR count). The van der Waals surface area contributed by atoms with E-state index < -0.39 is 5.54 Å². The van der Waals surface area contributed by atoms with Crippen LogP contribution >= 0.6 is 0 Å². The van der Waals surface area contributed by atoms with Crippen LogP contribution in [0, 0.1) is 11.3 Å². The third-order valence-electron chi connectivity index (χ3n) is 0.958. The molecule has 0 aromatic carbocycles. The quantitative estimate of drug-likeness (QED) is 0.575. The van der Waals surface area contributed by atoms with Gasteiger partial charge in [0, 0.05) is 0 Å². The molecule has 0 aliphatic heterocycles. The lowest BCUT2D eigenvalue weighted by atomic mass is 9.99. The fourth-order valence-corrected chi connectivity index (χ4v) is 0.300. The molecule has 0 spiro atoms. The second-order valence-electron chi connectivity index (χ2n) is 2.48. The Morgan fingerprint density at radius 1 is 1.78 bits per heavy atom. The van der Waals surface area contributed by atoms with Crippen molar-refractivity contribution in [2.75, 3.05) is 0 Å². The van der Waals surface area contributed by atoms with Crippen LogP contribution in [0.2, 0.25) is 0 Å². The van der Waals surface area contributed by atoms with E-state index in [0.29, 0.717) is 0 Å². The Morgan fingerprint density at radius 2 is 2.22 bits per heavy atom. The van der Waals surface area contributed by atoms with E-state index in [1.807, 2.05) is 0 Å². The van der Waals surface area contributed by atoms with Crippen LogP contribution in [0.5, 0.6) is 0 Å². The topological polar surface area (TPSA) is 66.9 Å². The summed E-state index contributed by atoms with van der Waals surface area (Å²) in [6, 6.07) is 1.74. The average Bonchev–Trinajstić information content (AvgIpc) is 1.64. The van der Waals surface area contributed by atoms with Crippen LogP contribution in [0.4, 0.5) is 0 Å². The molecule has 0 fully saturated rings. The van der Waals surface area contributed by atoms with Crippen LogP contribution in [-0.2, 0) is 4.79 Å². The molecule has 3 nitrogen and oxygen atoms in total. The van der Waals surface area contributed by atoms with E-state index in [2.05, 4.69) is 0 Å². The van der Waals surface area contributed by atoms with Gasteiger partial charge in [-0.15, -0.1) is 0 Å². The van der Waals surface area contributed by atoms with Crippen LogP contribution < -0.4 is 5.73 Å². The molecule has 50 valence electrons. The second kappa shape index (κ2) is 2.60. The minimum atomic E-state index is -0.851. The summed E-state index contributed by atoms with van der Waals surface area (Å²) in [5.41, 5.74) is 4.51. The van der Waals surface area contributed by atoms with Gasteiger partial charge in [-0.3, -0.25) is 4.79 Å². The standard InChI is InChI=1S/C6H10N2O/c1-6(2,8)5(9)3-4-7/h3,8H2,1-2H3. The number of ketones is 1. The van der Waals surface area contributed by atoms with E-state index in [9.17, 15) is 4.79 Å².